The monoisotopic (exact) mass is 282 g/mol. The molecule has 0 aromatic rings. The average molecular weight is 282 g/mol. The van der Waals surface area contributed by atoms with Gasteiger partial charge in [-0.05, 0) is 25.3 Å². The number of hydrogen-bond acceptors (Lipinski definition) is 4. The normalized spacial score (nSPS) is 8.60. The molecule has 0 saturated heterocycles. The van der Waals surface area contributed by atoms with Crippen LogP contribution in [0.25, 0.3) is 0 Å². The van der Waals surface area contributed by atoms with E-state index in [0.717, 1.165) is 25.4 Å². The molecule has 0 amide bonds. The van der Waals surface area contributed by atoms with Crippen molar-refractivity contribution >= 4 is 24.1 Å². The largest absolute Gasteiger partial charge is 0.303 e. The van der Waals surface area contributed by atoms with Crippen molar-refractivity contribution in [1.29, 1.82) is 0 Å². The fourth-order valence-corrected chi connectivity index (χ4v) is 0.698. The number of carbonyl (C=O) groups excluding carboxylic acids is 4. The van der Waals surface area contributed by atoms with E-state index in [1.54, 1.807) is 13.8 Å². The molecule has 0 unspecified atom stereocenters. The Bertz CT molecular complexity index is 327. The highest BCUT2D eigenvalue weighted by Crippen LogP contribution is 1.87. The van der Waals surface area contributed by atoms with Crippen molar-refractivity contribution in [1.82, 2.24) is 0 Å². The van der Waals surface area contributed by atoms with E-state index in [-0.39, 0.29) is 11.6 Å². The molecule has 0 atom stereocenters. The van der Waals surface area contributed by atoms with E-state index >= 15 is 0 Å². The number of unbranched alkanes of at least 4 members (excludes halogenated alkanes) is 1. The van der Waals surface area contributed by atoms with Gasteiger partial charge >= 0.3 is 0 Å². The number of allylic oxidation sites excluding steroid dienone is 3. The first-order valence-corrected chi connectivity index (χ1v) is 6.60. The smallest absolute Gasteiger partial charge is 0.197 e. The lowest BCUT2D eigenvalue weighted by Crippen LogP contribution is -2.06. The van der Waals surface area contributed by atoms with E-state index in [2.05, 4.69) is 19.6 Å². The van der Waals surface area contributed by atoms with Crippen LogP contribution in [0.1, 0.15) is 53.4 Å². The number of rotatable bonds is 7. The summed E-state index contributed by atoms with van der Waals surface area (Å²) in [6.07, 6.45) is 8.74. The van der Waals surface area contributed by atoms with Crippen molar-refractivity contribution in [3.63, 3.8) is 0 Å². The van der Waals surface area contributed by atoms with Gasteiger partial charge in [-0.15, -0.1) is 0 Å². The standard InChI is InChI=1S/C7H12O.C5H8O2.C4H6O/c1-2-3-4-5-6-7-8;1-3-5(7)4(2)6;1-4(2)3-5/h3-4,7H,2,5-6H2,1H3;3H2,1-2H3;3H,1H2,2H3/b4-3-;;. The minimum absolute atomic E-state index is 0.292. The Kier molecular flexibility index (Phi) is 22.7. The van der Waals surface area contributed by atoms with Crippen LogP contribution in [0.3, 0.4) is 0 Å². The van der Waals surface area contributed by atoms with Gasteiger partial charge in [-0.3, -0.25) is 14.4 Å². The van der Waals surface area contributed by atoms with Crippen LogP contribution in [0.5, 0.6) is 0 Å². The molecule has 0 rings (SSSR count). The summed E-state index contributed by atoms with van der Waals surface area (Å²) in [5.41, 5.74) is 0.574. The van der Waals surface area contributed by atoms with Gasteiger partial charge in [-0.2, -0.15) is 0 Å². The van der Waals surface area contributed by atoms with Gasteiger partial charge in [0.1, 0.15) is 12.6 Å². The molecule has 0 bridgehead atoms. The Morgan fingerprint density at radius 1 is 1.00 bits per heavy atom. The van der Waals surface area contributed by atoms with E-state index in [1.807, 2.05) is 6.08 Å². The van der Waals surface area contributed by atoms with Gasteiger partial charge in [-0.1, -0.05) is 32.6 Å². The molecule has 0 fully saturated rings. The lowest BCUT2D eigenvalue weighted by molar-refractivity contribution is -0.135. The predicted octanol–water partition coefficient (Wildman–Crippen LogP) is 3.25. The Morgan fingerprint density at radius 3 is 1.70 bits per heavy atom. The molecule has 0 aliphatic heterocycles. The van der Waals surface area contributed by atoms with Crippen molar-refractivity contribution in [2.45, 2.75) is 53.4 Å². The van der Waals surface area contributed by atoms with Gasteiger partial charge in [0, 0.05) is 19.8 Å². The van der Waals surface area contributed by atoms with Crippen LogP contribution < -0.4 is 0 Å². The maximum absolute atomic E-state index is 10.2. The molecule has 20 heavy (non-hydrogen) atoms. The number of Topliss-reactive ketones (excluding diaryl/α,β-unsaturated/α-hetero) is 2. The third kappa shape index (κ3) is 29.8. The first-order valence-electron chi connectivity index (χ1n) is 6.60. The molecule has 4 heteroatoms. The maximum Gasteiger partial charge on any atom is 0.197 e. The van der Waals surface area contributed by atoms with Crippen LogP contribution >= 0.6 is 0 Å². The Balaban J connectivity index is -0.000000223. The van der Waals surface area contributed by atoms with E-state index in [0.29, 0.717) is 18.4 Å². The zero-order valence-corrected chi connectivity index (χ0v) is 13.0. The van der Waals surface area contributed by atoms with Crippen LogP contribution in [0, 0.1) is 0 Å². The highest BCUT2D eigenvalue weighted by Gasteiger charge is 2.00. The van der Waals surface area contributed by atoms with Crippen molar-refractivity contribution < 1.29 is 19.2 Å². The highest BCUT2D eigenvalue weighted by molar-refractivity contribution is 6.36. The molecule has 0 spiro atoms. The summed E-state index contributed by atoms with van der Waals surface area (Å²) in [6.45, 7) is 10.00. The first-order chi connectivity index (χ1) is 9.37. The van der Waals surface area contributed by atoms with Gasteiger partial charge in [-0.25, -0.2) is 0 Å². The maximum atomic E-state index is 10.2. The second kappa shape index (κ2) is 19.5. The van der Waals surface area contributed by atoms with Crippen LogP contribution in [0.15, 0.2) is 24.3 Å². The van der Waals surface area contributed by atoms with E-state index < -0.39 is 0 Å². The number of carbonyl (C=O) groups is 4. The molecule has 0 saturated carbocycles. The van der Waals surface area contributed by atoms with Crippen molar-refractivity contribution in [2.75, 3.05) is 0 Å². The highest BCUT2D eigenvalue weighted by atomic mass is 16.2. The number of ketones is 2. The summed E-state index contributed by atoms with van der Waals surface area (Å²) in [7, 11) is 0. The quantitative estimate of drug-likeness (QED) is 0.236. The van der Waals surface area contributed by atoms with E-state index in [4.69, 9.17) is 0 Å². The zero-order valence-electron chi connectivity index (χ0n) is 13.0. The molecule has 0 aliphatic carbocycles. The Hall–Kier alpha value is -1.84. The molecular formula is C16H26O4. The summed E-state index contributed by atoms with van der Waals surface area (Å²) in [6, 6.07) is 0. The minimum Gasteiger partial charge on any atom is -0.303 e. The second-order valence-corrected chi connectivity index (χ2v) is 3.92. The van der Waals surface area contributed by atoms with Gasteiger partial charge in [0.2, 0.25) is 0 Å². The summed E-state index contributed by atoms with van der Waals surface area (Å²) >= 11 is 0. The average Bonchev–Trinajstić information content (AvgIpc) is 2.44. The number of hydrogen-bond donors (Lipinski definition) is 0. The number of aldehydes is 2. The molecule has 0 aromatic carbocycles. The third-order valence-corrected chi connectivity index (χ3v) is 1.77. The molecule has 0 radical (unpaired) electrons. The van der Waals surface area contributed by atoms with Gasteiger partial charge < -0.3 is 4.79 Å². The molecule has 0 aromatic heterocycles. The van der Waals surface area contributed by atoms with E-state index in [9.17, 15) is 19.2 Å². The second-order valence-electron chi connectivity index (χ2n) is 3.92. The third-order valence-electron chi connectivity index (χ3n) is 1.77. The summed E-state index contributed by atoms with van der Waals surface area (Å²) < 4.78 is 0. The van der Waals surface area contributed by atoms with Crippen LogP contribution in [-0.4, -0.2) is 24.1 Å². The van der Waals surface area contributed by atoms with Crippen molar-refractivity contribution in [3.8, 4) is 0 Å². The molecule has 114 valence electrons. The summed E-state index contributed by atoms with van der Waals surface area (Å²) in [5.74, 6) is -0.637. The fourth-order valence-electron chi connectivity index (χ4n) is 0.698. The molecule has 4 nitrogen and oxygen atoms in total. The lowest BCUT2D eigenvalue weighted by atomic mass is 10.2. The molecule has 0 heterocycles. The molecule has 0 N–H and O–H groups in total. The lowest BCUT2D eigenvalue weighted by Gasteiger charge is -1.81. The summed E-state index contributed by atoms with van der Waals surface area (Å²) in [4.78, 5) is 39.3. The van der Waals surface area contributed by atoms with Gasteiger partial charge in [0.05, 0.1) is 0 Å². The minimum atomic E-state index is -0.345. The van der Waals surface area contributed by atoms with Crippen LogP contribution in [0.4, 0.5) is 0 Å². The predicted molar refractivity (Wildman–Crippen MR) is 81.6 cm³/mol. The Labute approximate surface area is 121 Å². The summed E-state index contributed by atoms with van der Waals surface area (Å²) in [5, 5.41) is 0. The van der Waals surface area contributed by atoms with Gasteiger partial charge in [0.15, 0.2) is 11.6 Å². The SMILES string of the molecule is C=C(C)C=O.CC/C=C\CCC=O.CCC(=O)C(C)=O. The topological polar surface area (TPSA) is 68.3 Å². The van der Waals surface area contributed by atoms with Crippen molar-refractivity contribution in [3.05, 3.63) is 24.3 Å². The Morgan fingerprint density at radius 2 is 1.50 bits per heavy atom. The van der Waals surface area contributed by atoms with Crippen LogP contribution in [-0.2, 0) is 19.2 Å². The van der Waals surface area contributed by atoms with Crippen molar-refractivity contribution in [2.24, 2.45) is 0 Å². The molecule has 0 aliphatic rings. The van der Waals surface area contributed by atoms with E-state index in [1.165, 1.54) is 6.92 Å². The molecular weight excluding hydrogens is 256 g/mol. The zero-order chi connectivity index (χ0) is 16.4. The van der Waals surface area contributed by atoms with Gasteiger partial charge in [0.25, 0.3) is 0 Å². The first kappa shape index (κ1) is 23.3. The van der Waals surface area contributed by atoms with Crippen LogP contribution in [0.2, 0.25) is 0 Å². The fraction of sp³-hybridized carbons (Fsp3) is 0.500.